The third-order valence-electron chi connectivity index (χ3n) is 3.41. The second-order valence-electron chi connectivity index (χ2n) is 5.41. The van der Waals surface area contributed by atoms with Crippen molar-refractivity contribution in [2.45, 2.75) is 25.8 Å². The van der Waals surface area contributed by atoms with Gasteiger partial charge in [-0.25, -0.2) is 0 Å². The zero-order valence-corrected chi connectivity index (χ0v) is 14.3. The fourth-order valence-corrected chi connectivity index (χ4v) is 3.09. The average Bonchev–Trinajstić information content (AvgIpc) is 2.99. The molecular weight excluding hydrogens is 316 g/mol. The van der Waals surface area contributed by atoms with Gasteiger partial charge in [0, 0.05) is 23.9 Å². The molecule has 1 heterocycles. The molecule has 1 aromatic carbocycles. The third-order valence-corrected chi connectivity index (χ3v) is 4.31. The zero-order valence-electron chi connectivity index (χ0n) is 12.7. The highest BCUT2D eigenvalue weighted by molar-refractivity contribution is 7.09. The fraction of sp³-hybridized carbons (Fsp3) is 0.353. The van der Waals surface area contributed by atoms with Gasteiger partial charge in [-0.1, -0.05) is 43.3 Å². The molecule has 2 aromatic rings. The van der Waals surface area contributed by atoms with Gasteiger partial charge in [-0.15, -0.1) is 23.7 Å². The van der Waals surface area contributed by atoms with Gasteiger partial charge in [0.2, 0.25) is 5.91 Å². The Morgan fingerprint density at radius 1 is 1.23 bits per heavy atom. The van der Waals surface area contributed by atoms with Crippen LogP contribution in [0.3, 0.4) is 0 Å². The van der Waals surface area contributed by atoms with Gasteiger partial charge in [0.1, 0.15) is 0 Å². The Kier molecular flexibility index (Phi) is 8.17. The maximum Gasteiger partial charge on any atom is 0.221 e. The van der Waals surface area contributed by atoms with E-state index in [2.05, 4.69) is 29.8 Å². The van der Waals surface area contributed by atoms with Gasteiger partial charge in [-0.2, -0.15) is 0 Å². The summed E-state index contributed by atoms with van der Waals surface area (Å²) in [5.41, 5.74) is 7.05. The number of benzene rings is 1. The Balaban J connectivity index is 0.00000242. The molecule has 0 saturated carbocycles. The van der Waals surface area contributed by atoms with E-state index >= 15 is 0 Å². The van der Waals surface area contributed by atoms with Crippen LogP contribution in [0.25, 0.3) is 0 Å². The summed E-state index contributed by atoms with van der Waals surface area (Å²) in [4.78, 5) is 13.3. The summed E-state index contributed by atoms with van der Waals surface area (Å²) in [5.74, 6) is 0.449. The molecule has 5 heteroatoms. The first-order valence-corrected chi connectivity index (χ1v) is 8.12. The van der Waals surface area contributed by atoms with Crippen molar-refractivity contribution < 1.29 is 4.79 Å². The summed E-state index contributed by atoms with van der Waals surface area (Å²) in [6, 6.07) is 13.7. The number of nitrogens with one attached hydrogen (secondary N) is 1. The van der Waals surface area contributed by atoms with Gasteiger partial charge < -0.3 is 11.1 Å². The van der Waals surface area contributed by atoms with E-state index in [4.69, 9.17) is 5.73 Å². The first kappa shape index (κ1) is 18.7. The maximum atomic E-state index is 11.9. The lowest BCUT2D eigenvalue weighted by Crippen LogP contribution is -2.31. The van der Waals surface area contributed by atoms with Crippen LogP contribution in [-0.2, 0) is 11.2 Å². The summed E-state index contributed by atoms with van der Waals surface area (Å²) in [6.45, 7) is 2.84. The lowest BCUT2D eigenvalue weighted by Gasteiger charge is -2.14. The van der Waals surface area contributed by atoms with Crippen molar-refractivity contribution in [3.8, 4) is 0 Å². The van der Waals surface area contributed by atoms with Crippen LogP contribution in [0.2, 0.25) is 0 Å². The summed E-state index contributed by atoms with van der Waals surface area (Å²) in [7, 11) is 0. The highest BCUT2D eigenvalue weighted by Gasteiger charge is 2.12. The molecule has 120 valence electrons. The van der Waals surface area contributed by atoms with Crippen molar-refractivity contribution in [1.29, 1.82) is 0 Å². The fourth-order valence-electron chi connectivity index (χ4n) is 2.22. The van der Waals surface area contributed by atoms with Gasteiger partial charge in [-0.3, -0.25) is 4.79 Å². The standard InChI is InChI=1S/C17H22N2OS.ClH/c1-13(10-15-8-5-9-21-15)12-19-17(20)11-16(18)14-6-3-2-4-7-14;/h2-9,13,16H,10-12,18H2,1H3,(H,19,20);1H. The third kappa shape index (κ3) is 6.18. The number of hydrogen-bond donors (Lipinski definition) is 2. The molecule has 2 rings (SSSR count). The molecular formula is C17H23ClN2OS. The lowest BCUT2D eigenvalue weighted by atomic mass is 10.0. The molecule has 0 aliphatic carbocycles. The molecule has 0 radical (unpaired) electrons. The van der Waals surface area contributed by atoms with Crippen LogP contribution >= 0.6 is 23.7 Å². The van der Waals surface area contributed by atoms with Gasteiger partial charge in [-0.05, 0) is 29.3 Å². The van der Waals surface area contributed by atoms with Crippen molar-refractivity contribution in [1.82, 2.24) is 5.32 Å². The predicted molar refractivity (Wildman–Crippen MR) is 95.4 cm³/mol. The van der Waals surface area contributed by atoms with Crippen molar-refractivity contribution in [2.75, 3.05) is 6.54 Å². The predicted octanol–water partition coefficient (Wildman–Crippen LogP) is 3.55. The quantitative estimate of drug-likeness (QED) is 0.811. The topological polar surface area (TPSA) is 55.1 Å². The van der Waals surface area contributed by atoms with E-state index in [-0.39, 0.29) is 24.4 Å². The molecule has 0 fully saturated rings. The molecule has 2 atom stereocenters. The minimum Gasteiger partial charge on any atom is -0.356 e. The van der Waals surface area contributed by atoms with E-state index in [0.29, 0.717) is 18.9 Å². The Morgan fingerprint density at radius 3 is 2.59 bits per heavy atom. The van der Waals surface area contributed by atoms with Crippen LogP contribution in [0.4, 0.5) is 0 Å². The van der Waals surface area contributed by atoms with Crippen LogP contribution in [0, 0.1) is 5.92 Å². The van der Waals surface area contributed by atoms with Crippen molar-refractivity contribution in [3.05, 3.63) is 58.3 Å². The molecule has 0 bridgehead atoms. The average molecular weight is 339 g/mol. The Hall–Kier alpha value is -1.36. The molecule has 22 heavy (non-hydrogen) atoms. The second-order valence-corrected chi connectivity index (χ2v) is 6.45. The van der Waals surface area contributed by atoms with Gasteiger partial charge >= 0.3 is 0 Å². The second kappa shape index (κ2) is 9.62. The molecule has 0 saturated heterocycles. The van der Waals surface area contributed by atoms with E-state index in [1.54, 1.807) is 11.3 Å². The molecule has 3 nitrogen and oxygen atoms in total. The minimum absolute atomic E-state index is 0. The monoisotopic (exact) mass is 338 g/mol. The number of halogens is 1. The Bertz CT molecular complexity index is 545. The molecule has 0 aliphatic heterocycles. The van der Waals surface area contributed by atoms with Crippen molar-refractivity contribution in [2.24, 2.45) is 11.7 Å². The molecule has 1 aromatic heterocycles. The molecule has 1 amide bonds. The number of thiophene rings is 1. The van der Waals surface area contributed by atoms with Gasteiger partial charge in [0.15, 0.2) is 0 Å². The van der Waals surface area contributed by atoms with E-state index in [0.717, 1.165) is 12.0 Å². The molecule has 0 spiro atoms. The minimum atomic E-state index is -0.237. The summed E-state index contributed by atoms with van der Waals surface area (Å²) in [6.07, 6.45) is 1.33. The van der Waals surface area contributed by atoms with E-state index in [9.17, 15) is 4.79 Å². The number of carbonyl (C=O) groups excluding carboxylic acids is 1. The SMILES string of the molecule is CC(CNC(=O)CC(N)c1ccccc1)Cc1cccs1.Cl. The normalized spacial score (nSPS) is 13.0. The van der Waals surface area contributed by atoms with E-state index < -0.39 is 0 Å². The van der Waals surface area contributed by atoms with E-state index in [1.165, 1.54) is 4.88 Å². The van der Waals surface area contributed by atoms with Gasteiger partial charge in [0.25, 0.3) is 0 Å². The summed E-state index contributed by atoms with van der Waals surface area (Å²) >= 11 is 1.76. The number of carbonyl (C=O) groups is 1. The van der Waals surface area contributed by atoms with Crippen LogP contribution in [0.1, 0.15) is 29.8 Å². The Morgan fingerprint density at radius 2 is 1.95 bits per heavy atom. The number of amides is 1. The van der Waals surface area contributed by atoms with Crippen LogP contribution < -0.4 is 11.1 Å². The first-order chi connectivity index (χ1) is 10.1. The smallest absolute Gasteiger partial charge is 0.221 e. The zero-order chi connectivity index (χ0) is 15.1. The van der Waals surface area contributed by atoms with Crippen molar-refractivity contribution >= 4 is 29.7 Å². The lowest BCUT2D eigenvalue weighted by molar-refractivity contribution is -0.121. The van der Waals surface area contributed by atoms with Crippen LogP contribution in [-0.4, -0.2) is 12.5 Å². The highest BCUT2D eigenvalue weighted by atomic mass is 35.5. The largest absolute Gasteiger partial charge is 0.356 e. The summed E-state index contributed by atoms with van der Waals surface area (Å²) < 4.78 is 0. The summed E-state index contributed by atoms with van der Waals surface area (Å²) in [5, 5.41) is 5.06. The maximum absolute atomic E-state index is 11.9. The number of nitrogens with two attached hydrogens (primary N) is 1. The van der Waals surface area contributed by atoms with Crippen LogP contribution in [0.15, 0.2) is 47.8 Å². The molecule has 2 unspecified atom stereocenters. The van der Waals surface area contributed by atoms with E-state index in [1.807, 2.05) is 30.3 Å². The van der Waals surface area contributed by atoms with Gasteiger partial charge in [0.05, 0.1) is 0 Å². The Labute approximate surface area is 142 Å². The first-order valence-electron chi connectivity index (χ1n) is 7.24. The molecule has 0 aliphatic rings. The van der Waals surface area contributed by atoms with Crippen LogP contribution in [0.5, 0.6) is 0 Å². The molecule has 3 N–H and O–H groups in total. The number of hydrogen-bond acceptors (Lipinski definition) is 3. The van der Waals surface area contributed by atoms with Crippen molar-refractivity contribution in [3.63, 3.8) is 0 Å². The number of rotatable bonds is 7. The highest BCUT2D eigenvalue weighted by Crippen LogP contribution is 2.15.